The van der Waals surface area contributed by atoms with Gasteiger partial charge in [-0.05, 0) is 82.8 Å². The van der Waals surface area contributed by atoms with Crippen LogP contribution in [0.2, 0.25) is 0 Å². The van der Waals surface area contributed by atoms with E-state index in [9.17, 15) is 14.7 Å². The van der Waals surface area contributed by atoms with Gasteiger partial charge in [-0.15, -0.1) is 0 Å². The number of nitrogens with zero attached hydrogens (tertiary/aromatic N) is 3. The van der Waals surface area contributed by atoms with E-state index in [1.807, 2.05) is 17.0 Å². The summed E-state index contributed by atoms with van der Waals surface area (Å²) in [6.45, 7) is 6.91. The predicted octanol–water partition coefficient (Wildman–Crippen LogP) is 4.02. The number of benzene rings is 1. The fraction of sp³-hybridized carbons (Fsp3) is 0.742. The Labute approximate surface area is 234 Å². The molecule has 1 aromatic carbocycles. The molecule has 0 bridgehead atoms. The van der Waals surface area contributed by atoms with E-state index in [0.717, 1.165) is 94.5 Å². The molecule has 0 aromatic heterocycles. The maximum Gasteiger partial charge on any atom is 0.308 e. The fourth-order valence-electron chi connectivity index (χ4n) is 6.58. The zero-order chi connectivity index (χ0) is 27.8. The quantitative estimate of drug-likeness (QED) is 0.380. The number of aliphatic carboxylic acids is 1. The second-order valence-corrected chi connectivity index (χ2v) is 11.9. The first kappa shape index (κ1) is 29.8. The highest BCUT2D eigenvalue weighted by Crippen LogP contribution is 2.41. The first-order valence-electron chi connectivity index (χ1n) is 15.1. The van der Waals surface area contributed by atoms with E-state index in [1.54, 1.807) is 0 Å². The Bertz CT molecular complexity index is 948. The highest BCUT2D eigenvalue weighted by molar-refractivity contribution is 5.79. The number of carbonyl (C=O) groups excluding carboxylic acids is 1. The van der Waals surface area contributed by atoms with E-state index in [-0.39, 0.29) is 30.5 Å². The Balaban J connectivity index is 1.53. The van der Waals surface area contributed by atoms with E-state index in [2.05, 4.69) is 36.9 Å². The number of unbranched alkanes of at least 4 members (excludes halogenated alkanes) is 1. The highest BCUT2D eigenvalue weighted by atomic mass is 16.5. The zero-order valence-corrected chi connectivity index (χ0v) is 24.3. The average Bonchev–Trinajstić information content (AvgIpc) is 3.54. The van der Waals surface area contributed by atoms with Gasteiger partial charge in [0.25, 0.3) is 0 Å². The van der Waals surface area contributed by atoms with Crippen LogP contribution in [-0.2, 0) is 20.7 Å². The summed E-state index contributed by atoms with van der Waals surface area (Å²) in [5.41, 5.74) is 2.21. The van der Waals surface area contributed by atoms with Gasteiger partial charge in [0.05, 0.1) is 25.2 Å². The summed E-state index contributed by atoms with van der Waals surface area (Å²) in [6.07, 6.45) is 8.87. The number of rotatable bonds is 14. The number of likely N-dealkylation sites (tertiary alicyclic amines) is 1. The maximum atomic E-state index is 13.7. The summed E-state index contributed by atoms with van der Waals surface area (Å²) in [4.78, 5) is 32.8. The topological polar surface area (TPSA) is 82.5 Å². The van der Waals surface area contributed by atoms with Crippen LogP contribution in [0, 0.1) is 5.92 Å². The lowest BCUT2D eigenvalue weighted by Crippen LogP contribution is -2.45. The van der Waals surface area contributed by atoms with Gasteiger partial charge in [0.2, 0.25) is 5.91 Å². The van der Waals surface area contributed by atoms with Crippen molar-refractivity contribution in [2.45, 2.75) is 82.8 Å². The molecule has 8 heteroatoms. The van der Waals surface area contributed by atoms with E-state index < -0.39 is 11.9 Å². The van der Waals surface area contributed by atoms with Gasteiger partial charge in [0, 0.05) is 44.6 Å². The van der Waals surface area contributed by atoms with Crippen molar-refractivity contribution in [2.75, 3.05) is 60.0 Å². The van der Waals surface area contributed by atoms with Crippen LogP contribution in [0.4, 0.5) is 0 Å². The Hall–Kier alpha value is -2.16. The van der Waals surface area contributed by atoms with Crippen LogP contribution >= 0.6 is 0 Å². The molecule has 3 aliphatic heterocycles. The maximum absolute atomic E-state index is 13.7. The second kappa shape index (κ2) is 14.5. The first-order chi connectivity index (χ1) is 18.9. The summed E-state index contributed by atoms with van der Waals surface area (Å²) in [7, 11) is 4.11. The molecule has 0 radical (unpaired) electrons. The number of ether oxygens (including phenoxy) is 2. The van der Waals surface area contributed by atoms with E-state index in [1.165, 1.54) is 6.42 Å². The number of carboxylic acids is 1. The molecule has 3 heterocycles. The molecule has 0 saturated carbocycles. The third kappa shape index (κ3) is 7.95. The molecule has 3 aliphatic rings. The van der Waals surface area contributed by atoms with Gasteiger partial charge in [-0.2, -0.15) is 0 Å². The van der Waals surface area contributed by atoms with Crippen molar-refractivity contribution in [1.29, 1.82) is 0 Å². The van der Waals surface area contributed by atoms with Gasteiger partial charge in [-0.3, -0.25) is 14.5 Å². The lowest BCUT2D eigenvalue weighted by molar-refractivity contribution is -0.144. The number of fused-ring (bicyclic) bond motifs is 1. The molecule has 2 fully saturated rings. The van der Waals surface area contributed by atoms with Gasteiger partial charge >= 0.3 is 5.97 Å². The average molecular weight is 544 g/mol. The summed E-state index contributed by atoms with van der Waals surface area (Å²) < 4.78 is 11.7. The van der Waals surface area contributed by atoms with Gasteiger partial charge in [0.15, 0.2) is 0 Å². The van der Waals surface area contributed by atoms with Crippen molar-refractivity contribution in [3.63, 3.8) is 0 Å². The lowest BCUT2D eigenvalue weighted by atomic mass is 9.82. The third-order valence-corrected chi connectivity index (χ3v) is 8.74. The minimum Gasteiger partial charge on any atom is -0.493 e. The Kier molecular flexibility index (Phi) is 11.1. The normalized spacial score (nSPS) is 25.0. The molecule has 0 spiro atoms. The van der Waals surface area contributed by atoms with Crippen LogP contribution < -0.4 is 4.74 Å². The minimum atomic E-state index is -0.768. The summed E-state index contributed by atoms with van der Waals surface area (Å²) in [6, 6.07) is 5.98. The van der Waals surface area contributed by atoms with Crippen molar-refractivity contribution in [3.8, 4) is 5.75 Å². The van der Waals surface area contributed by atoms with Gasteiger partial charge < -0.3 is 24.4 Å². The monoisotopic (exact) mass is 543 g/mol. The van der Waals surface area contributed by atoms with Crippen molar-refractivity contribution in [2.24, 2.45) is 5.92 Å². The van der Waals surface area contributed by atoms with Crippen LogP contribution in [0.3, 0.4) is 0 Å². The molecule has 4 unspecified atom stereocenters. The molecule has 1 amide bonds. The van der Waals surface area contributed by atoms with Gasteiger partial charge in [-0.1, -0.05) is 25.5 Å². The smallest absolute Gasteiger partial charge is 0.308 e. The molecular formula is C31H49N3O5. The molecule has 1 aromatic rings. The molecule has 218 valence electrons. The minimum absolute atomic E-state index is 0.119. The summed E-state index contributed by atoms with van der Waals surface area (Å²) in [5.74, 6) is -0.454. The molecule has 4 atom stereocenters. The van der Waals surface area contributed by atoms with E-state index >= 15 is 0 Å². The molecular weight excluding hydrogens is 494 g/mol. The largest absolute Gasteiger partial charge is 0.493 e. The van der Waals surface area contributed by atoms with Crippen molar-refractivity contribution < 1.29 is 24.2 Å². The van der Waals surface area contributed by atoms with Crippen LogP contribution in [-0.4, -0.2) is 104 Å². The zero-order valence-electron chi connectivity index (χ0n) is 24.3. The number of carbonyl (C=O) groups is 2. The second-order valence-electron chi connectivity index (χ2n) is 11.9. The van der Waals surface area contributed by atoms with Gasteiger partial charge in [0.1, 0.15) is 5.75 Å². The Morgan fingerprint density at radius 2 is 1.90 bits per heavy atom. The lowest BCUT2D eigenvalue weighted by Gasteiger charge is -2.31. The number of hydrogen-bond acceptors (Lipinski definition) is 6. The number of carboxylic acid groups (broad SMARTS) is 1. The predicted molar refractivity (Wildman–Crippen MR) is 152 cm³/mol. The SMILES string of the molecule is CCCCN(CCCN(C)C)C(=O)CN1CC(c2ccc3c(c2)CCO3)C(C(=O)O)C1CCC1CCCCO1. The molecule has 0 aliphatic carbocycles. The van der Waals surface area contributed by atoms with Crippen molar-refractivity contribution in [1.82, 2.24) is 14.7 Å². The van der Waals surface area contributed by atoms with Crippen LogP contribution in [0.25, 0.3) is 0 Å². The number of amides is 1. The molecule has 1 N–H and O–H groups in total. The van der Waals surface area contributed by atoms with Crippen LogP contribution in [0.1, 0.15) is 75.3 Å². The molecule has 2 saturated heterocycles. The summed E-state index contributed by atoms with van der Waals surface area (Å²) in [5, 5.41) is 10.5. The highest BCUT2D eigenvalue weighted by Gasteiger charge is 2.47. The third-order valence-electron chi connectivity index (χ3n) is 8.74. The molecule has 39 heavy (non-hydrogen) atoms. The van der Waals surface area contributed by atoms with Crippen molar-refractivity contribution in [3.05, 3.63) is 29.3 Å². The van der Waals surface area contributed by atoms with E-state index in [0.29, 0.717) is 13.2 Å². The van der Waals surface area contributed by atoms with Crippen LogP contribution in [0.5, 0.6) is 5.75 Å². The first-order valence-corrected chi connectivity index (χ1v) is 15.1. The van der Waals surface area contributed by atoms with Crippen LogP contribution in [0.15, 0.2) is 18.2 Å². The van der Waals surface area contributed by atoms with Crippen molar-refractivity contribution >= 4 is 11.9 Å². The standard InChI is InChI=1S/C31H49N3O5/c1-4-5-16-33(17-8-15-32(2)3)29(35)22-34-21-26(23-10-13-28-24(20-23)14-19-39-28)30(31(36)37)27(34)12-11-25-9-6-7-18-38-25/h10,13,20,25-27,30H,4-9,11-12,14-19,21-22H2,1-3H3,(H,36,37). The molecule has 4 rings (SSSR count). The molecule has 8 nitrogen and oxygen atoms in total. The van der Waals surface area contributed by atoms with E-state index in [4.69, 9.17) is 9.47 Å². The summed E-state index contributed by atoms with van der Waals surface area (Å²) >= 11 is 0. The Morgan fingerprint density at radius 3 is 2.62 bits per heavy atom. The Morgan fingerprint density at radius 1 is 1.08 bits per heavy atom. The fourth-order valence-corrected chi connectivity index (χ4v) is 6.58. The van der Waals surface area contributed by atoms with Gasteiger partial charge in [-0.25, -0.2) is 0 Å². The number of hydrogen-bond donors (Lipinski definition) is 1.